The van der Waals surface area contributed by atoms with Gasteiger partial charge in [0.25, 0.3) is 0 Å². The van der Waals surface area contributed by atoms with E-state index >= 15 is 0 Å². The Morgan fingerprint density at radius 2 is 1.53 bits per heavy atom. The summed E-state index contributed by atoms with van der Waals surface area (Å²) in [5.74, 6) is -3.65. The lowest BCUT2D eigenvalue weighted by molar-refractivity contribution is 0.504. The Bertz CT molecular complexity index is 712. The zero-order chi connectivity index (χ0) is 14.0. The van der Waals surface area contributed by atoms with Gasteiger partial charge in [-0.25, -0.2) is 21.6 Å². The monoisotopic (exact) mass is 286 g/mol. The van der Waals surface area contributed by atoms with Crippen LogP contribution in [0.3, 0.4) is 0 Å². The Labute approximate surface area is 108 Å². The molecule has 0 aromatic heterocycles. The van der Waals surface area contributed by atoms with E-state index < -0.39 is 33.0 Å². The predicted molar refractivity (Wildman–Crippen MR) is 63.6 cm³/mol. The highest BCUT2D eigenvalue weighted by Crippen LogP contribution is 2.20. The fraction of sp³-hybridized carbons (Fsp3) is 0.0769. The molecule has 19 heavy (non-hydrogen) atoms. The van der Waals surface area contributed by atoms with Gasteiger partial charge < -0.3 is 0 Å². The van der Waals surface area contributed by atoms with E-state index in [-0.39, 0.29) is 10.5 Å². The smallest absolute Gasteiger partial charge is 0.182 e. The van der Waals surface area contributed by atoms with E-state index in [1.165, 1.54) is 18.2 Å². The van der Waals surface area contributed by atoms with Crippen molar-refractivity contribution < 1.29 is 21.6 Å². The zero-order valence-electron chi connectivity index (χ0n) is 9.61. The lowest BCUT2D eigenvalue weighted by Gasteiger charge is -2.06. The molecule has 0 radical (unpaired) electrons. The van der Waals surface area contributed by atoms with E-state index in [4.69, 9.17) is 0 Å². The molecule has 0 bridgehead atoms. The van der Waals surface area contributed by atoms with E-state index in [1.807, 2.05) is 0 Å². The van der Waals surface area contributed by atoms with Crippen molar-refractivity contribution in [2.75, 3.05) is 0 Å². The molecule has 0 saturated heterocycles. The van der Waals surface area contributed by atoms with Crippen molar-refractivity contribution in [2.24, 2.45) is 0 Å². The molecular formula is C13H9F3O2S. The molecule has 2 aromatic rings. The van der Waals surface area contributed by atoms with Crippen LogP contribution in [-0.4, -0.2) is 8.42 Å². The molecule has 2 nitrogen and oxygen atoms in total. The SMILES string of the molecule is O=S(=O)(Cc1ccccc1F)c1ccc(F)c(F)c1. The molecule has 2 aromatic carbocycles. The highest BCUT2D eigenvalue weighted by Gasteiger charge is 2.19. The Balaban J connectivity index is 2.38. The van der Waals surface area contributed by atoms with Crippen LogP contribution in [0.4, 0.5) is 13.2 Å². The van der Waals surface area contributed by atoms with Gasteiger partial charge in [-0.3, -0.25) is 0 Å². The summed E-state index contributed by atoms with van der Waals surface area (Å²) in [6, 6.07) is 7.66. The number of rotatable bonds is 3. The molecule has 0 fully saturated rings. The lowest BCUT2D eigenvalue weighted by atomic mass is 10.2. The van der Waals surface area contributed by atoms with E-state index in [0.29, 0.717) is 6.07 Å². The van der Waals surface area contributed by atoms with Crippen molar-refractivity contribution in [1.82, 2.24) is 0 Å². The van der Waals surface area contributed by atoms with Crippen molar-refractivity contribution >= 4 is 9.84 Å². The van der Waals surface area contributed by atoms with Crippen LogP contribution >= 0.6 is 0 Å². The molecule has 2 rings (SSSR count). The summed E-state index contributed by atoms with van der Waals surface area (Å²) in [6.45, 7) is 0. The highest BCUT2D eigenvalue weighted by molar-refractivity contribution is 7.90. The fourth-order valence-corrected chi connectivity index (χ4v) is 2.94. The molecule has 100 valence electrons. The standard InChI is InChI=1S/C13H9F3O2S/c14-11-4-2-1-3-9(11)8-19(17,18)10-5-6-12(15)13(16)7-10/h1-7H,8H2. The quantitative estimate of drug-likeness (QED) is 0.813. The van der Waals surface area contributed by atoms with Crippen LogP contribution in [0, 0.1) is 17.5 Å². The number of hydrogen-bond acceptors (Lipinski definition) is 2. The maximum atomic E-state index is 13.4. The first-order valence-electron chi connectivity index (χ1n) is 5.31. The topological polar surface area (TPSA) is 34.1 Å². The molecule has 0 heterocycles. The van der Waals surface area contributed by atoms with E-state index in [9.17, 15) is 21.6 Å². The molecule has 0 saturated carbocycles. The van der Waals surface area contributed by atoms with Gasteiger partial charge in [0.2, 0.25) is 0 Å². The summed E-state index contributed by atoms with van der Waals surface area (Å²) in [5.41, 5.74) is -0.0211. The lowest BCUT2D eigenvalue weighted by Crippen LogP contribution is -2.07. The third-order valence-electron chi connectivity index (χ3n) is 2.55. The van der Waals surface area contributed by atoms with Crippen molar-refractivity contribution in [1.29, 1.82) is 0 Å². The Morgan fingerprint density at radius 3 is 2.16 bits per heavy atom. The minimum absolute atomic E-state index is 0.0211. The average Bonchev–Trinajstić information content (AvgIpc) is 2.35. The molecule has 0 aliphatic carbocycles. The highest BCUT2D eigenvalue weighted by atomic mass is 32.2. The van der Waals surface area contributed by atoms with Crippen LogP contribution in [0.5, 0.6) is 0 Å². The second-order valence-electron chi connectivity index (χ2n) is 3.93. The average molecular weight is 286 g/mol. The van der Waals surface area contributed by atoms with Gasteiger partial charge in [0, 0.05) is 5.56 Å². The van der Waals surface area contributed by atoms with Crippen LogP contribution in [0.1, 0.15) is 5.56 Å². The van der Waals surface area contributed by atoms with Crippen molar-refractivity contribution in [3.63, 3.8) is 0 Å². The summed E-state index contributed by atoms with van der Waals surface area (Å²) in [6.07, 6.45) is 0. The maximum Gasteiger partial charge on any atom is 0.182 e. The van der Waals surface area contributed by atoms with Gasteiger partial charge in [-0.1, -0.05) is 18.2 Å². The van der Waals surface area contributed by atoms with Crippen LogP contribution in [0.25, 0.3) is 0 Å². The number of benzene rings is 2. The van der Waals surface area contributed by atoms with Gasteiger partial charge in [0.05, 0.1) is 10.6 Å². The fourth-order valence-electron chi connectivity index (χ4n) is 1.57. The molecule has 0 spiro atoms. The Hall–Kier alpha value is -1.82. The van der Waals surface area contributed by atoms with Gasteiger partial charge in [-0.05, 0) is 24.3 Å². The summed E-state index contributed by atoms with van der Waals surface area (Å²) in [4.78, 5) is -0.380. The zero-order valence-corrected chi connectivity index (χ0v) is 10.4. The molecule has 0 amide bonds. The maximum absolute atomic E-state index is 13.4. The van der Waals surface area contributed by atoms with Crippen LogP contribution in [0.15, 0.2) is 47.4 Å². The Kier molecular flexibility index (Phi) is 3.61. The summed E-state index contributed by atoms with van der Waals surface area (Å²) in [5, 5.41) is 0. The van der Waals surface area contributed by atoms with E-state index in [1.54, 1.807) is 0 Å². The largest absolute Gasteiger partial charge is 0.223 e. The minimum Gasteiger partial charge on any atom is -0.223 e. The first-order valence-corrected chi connectivity index (χ1v) is 6.96. The number of hydrogen-bond donors (Lipinski definition) is 0. The van der Waals surface area contributed by atoms with Crippen molar-refractivity contribution in [2.45, 2.75) is 10.6 Å². The molecular weight excluding hydrogens is 277 g/mol. The Morgan fingerprint density at radius 1 is 0.842 bits per heavy atom. The summed E-state index contributed by atoms with van der Waals surface area (Å²) in [7, 11) is -3.92. The molecule has 0 N–H and O–H groups in total. The first kappa shape index (κ1) is 13.6. The second kappa shape index (κ2) is 5.05. The predicted octanol–water partition coefficient (Wildman–Crippen LogP) is 3.08. The van der Waals surface area contributed by atoms with E-state index in [0.717, 1.165) is 18.2 Å². The van der Waals surface area contributed by atoms with Gasteiger partial charge in [-0.15, -0.1) is 0 Å². The second-order valence-corrected chi connectivity index (χ2v) is 5.92. The van der Waals surface area contributed by atoms with Crippen LogP contribution in [-0.2, 0) is 15.6 Å². The molecule has 0 aliphatic heterocycles. The summed E-state index contributed by atoms with van der Waals surface area (Å²) >= 11 is 0. The normalized spacial score (nSPS) is 11.5. The minimum atomic E-state index is -3.92. The third kappa shape index (κ3) is 2.96. The summed E-state index contributed by atoms with van der Waals surface area (Å²) < 4.78 is 63.1. The first-order chi connectivity index (χ1) is 8.90. The van der Waals surface area contributed by atoms with Gasteiger partial charge in [0.1, 0.15) is 5.82 Å². The third-order valence-corrected chi connectivity index (χ3v) is 4.22. The van der Waals surface area contributed by atoms with Crippen LogP contribution in [0.2, 0.25) is 0 Å². The van der Waals surface area contributed by atoms with Crippen molar-refractivity contribution in [3.8, 4) is 0 Å². The van der Waals surface area contributed by atoms with Gasteiger partial charge in [-0.2, -0.15) is 0 Å². The number of halogens is 3. The molecule has 0 aliphatic rings. The van der Waals surface area contributed by atoms with Gasteiger partial charge in [0.15, 0.2) is 21.5 Å². The van der Waals surface area contributed by atoms with E-state index in [2.05, 4.69) is 0 Å². The van der Waals surface area contributed by atoms with Crippen LogP contribution < -0.4 is 0 Å². The van der Waals surface area contributed by atoms with Crippen molar-refractivity contribution in [3.05, 3.63) is 65.5 Å². The molecule has 6 heteroatoms. The van der Waals surface area contributed by atoms with Gasteiger partial charge >= 0.3 is 0 Å². The molecule has 0 unspecified atom stereocenters. The molecule has 0 atom stereocenters. The number of sulfone groups is 1.